The number of para-hydroxylation sites is 1. The second-order valence-electron chi connectivity index (χ2n) is 8.25. The molecular formula is C25H26N6O3S. The molecule has 0 atom stereocenters. The van der Waals surface area contributed by atoms with Crippen LogP contribution in [0.25, 0.3) is 22.1 Å². The average Bonchev–Trinajstić information content (AvgIpc) is 3.21. The Morgan fingerprint density at radius 2 is 1.83 bits per heavy atom. The van der Waals surface area contributed by atoms with Gasteiger partial charge in [0, 0.05) is 36.3 Å². The summed E-state index contributed by atoms with van der Waals surface area (Å²) >= 11 is 1.24. The summed E-state index contributed by atoms with van der Waals surface area (Å²) in [5, 5.41) is 13.0. The van der Waals surface area contributed by atoms with E-state index >= 15 is 0 Å². The van der Waals surface area contributed by atoms with Crippen molar-refractivity contribution in [2.45, 2.75) is 25.0 Å². The summed E-state index contributed by atoms with van der Waals surface area (Å²) in [6, 6.07) is 15.0. The highest BCUT2D eigenvalue weighted by molar-refractivity contribution is 7.99. The first kappa shape index (κ1) is 23.3. The predicted octanol–water partition coefficient (Wildman–Crippen LogP) is 3.59. The first-order chi connectivity index (χ1) is 17.1. The van der Waals surface area contributed by atoms with Gasteiger partial charge in [-0.1, -0.05) is 36.9 Å². The number of carbonyl (C=O) groups excluding carboxylic acids is 2. The number of rotatable bonds is 7. The monoisotopic (exact) mass is 490 g/mol. The Bertz CT molecular complexity index is 1370. The summed E-state index contributed by atoms with van der Waals surface area (Å²) in [5.74, 6) is -0.0577. The van der Waals surface area contributed by atoms with Crippen molar-refractivity contribution in [1.82, 2.24) is 24.6 Å². The number of nitrogens with zero attached hydrogens (tertiary/aromatic N) is 5. The van der Waals surface area contributed by atoms with E-state index in [4.69, 9.17) is 9.72 Å². The molecule has 2 amide bonds. The van der Waals surface area contributed by atoms with Gasteiger partial charge in [0.15, 0.2) is 5.65 Å². The molecule has 5 rings (SSSR count). The fraction of sp³-hybridized carbons (Fsp3) is 0.320. The van der Waals surface area contributed by atoms with Crippen molar-refractivity contribution < 1.29 is 14.3 Å². The van der Waals surface area contributed by atoms with Crippen LogP contribution in [-0.4, -0.2) is 68.5 Å². The summed E-state index contributed by atoms with van der Waals surface area (Å²) in [6.07, 6.45) is 0.972. The number of ether oxygens (including phenoxy) is 1. The minimum atomic E-state index is -0.181. The number of hydrogen-bond donors (Lipinski definition) is 1. The van der Waals surface area contributed by atoms with Crippen LogP contribution in [0.2, 0.25) is 0 Å². The highest BCUT2D eigenvalue weighted by atomic mass is 32.2. The van der Waals surface area contributed by atoms with Gasteiger partial charge in [-0.2, -0.15) is 0 Å². The molecule has 2 aromatic carbocycles. The van der Waals surface area contributed by atoms with Gasteiger partial charge in [-0.05, 0) is 36.8 Å². The van der Waals surface area contributed by atoms with Crippen LogP contribution in [-0.2, 0) is 16.1 Å². The maximum atomic E-state index is 12.6. The van der Waals surface area contributed by atoms with E-state index in [-0.39, 0.29) is 17.6 Å². The minimum Gasteiger partial charge on any atom is -0.378 e. The van der Waals surface area contributed by atoms with E-state index < -0.39 is 0 Å². The van der Waals surface area contributed by atoms with E-state index in [0.717, 1.165) is 35.0 Å². The van der Waals surface area contributed by atoms with Gasteiger partial charge >= 0.3 is 0 Å². The molecule has 4 aromatic rings. The van der Waals surface area contributed by atoms with Crippen LogP contribution in [0, 0.1) is 0 Å². The summed E-state index contributed by atoms with van der Waals surface area (Å²) in [5.41, 5.74) is 3.86. The molecule has 2 aromatic heterocycles. The number of anilines is 1. The molecule has 0 spiro atoms. The SMILES string of the molecule is CCCn1c2ccccc2c2nnc(SCC(=O)Nc3ccc(C(=O)N4CCOCC4)cc3)nc21. The largest absolute Gasteiger partial charge is 0.378 e. The molecule has 9 nitrogen and oxygen atoms in total. The fourth-order valence-electron chi connectivity index (χ4n) is 4.17. The zero-order valence-electron chi connectivity index (χ0n) is 19.4. The molecule has 180 valence electrons. The minimum absolute atomic E-state index is 0.0257. The van der Waals surface area contributed by atoms with Crippen molar-refractivity contribution in [2.75, 3.05) is 37.4 Å². The molecule has 1 saturated heterocycles. The number of fused-ring (bicyclic) bond motifs is 3. The molecule has 1 N–H and O–H groups in total. The lowest BCUT2D eigenvalue weighted by molar-refractivity contribution is -0.113. The van der Waals surface area contributed by atoms with Crippen molar-refractivity contribution in [1.29, 1.82) is 0 Å². The Hall–Kier alpha value is -3.50. The molecule has 3 heterocycles. The van der Waals surface area contributed by atoms with Gasteiger partial charge in [0.05, 0.1) is 24.5 Å². The van der Waals surface area contributed by atoms with Crippen molar-refractivity contribution >= 4 is 51.3 Å². The molecule has 0 saturated carbocycles. The van der Waals surface area contributed by atoms with Crippen LogP contribution in [0.1, 0.15) is 23.7 Å². The predicted molar refractivity (Wildman–Crippen MR) is 136 cm³/mol. The normalized spacial score (nSPS) is 13.9. The lowest BCUT2D eigenvalue weighted by atomic mass is 10.1. The third-order valence-electron chi connectivity index (χ3n) is 5.85. The van der Waals surface area contributed by atoms with Crippen molar-refractivity contribution in [2.24, 2.45) is 0 Å². The van der Waals surface area contributed by atoms with Gasteiger partial charge in [0.1, 0.15) is 5.52 Å². The highest BCUT2D eigenvalue weighted by Gasteiger charge is 2.19. The second-order valence-corrected chi connectivity index (χ2v) is 9.20. The van der Waals surface area contributed by atoms with Crippen LogP contribution < -0.4 is 5.32 Å². The summed E-state index contributed by atoms with van der Waals surface area (Å²) in [7, 11) is 0. The zero-order chi connectivity index (χ0) is 24.2. The van der Waals surface area contributed by atoms with Crippen molar-refractivity contribution in [3.05, 3.63) is 54.1 Å². The number of aryl methyl sites for hydroxylation is 1. The number of benzene rings is 2. The first-order valence-electron chi connectivity index (χ1n) is 11.7. The first-order valence-corrected chi connectivity index (χ1v) is 12.6. The van der Waals surface area contributed by atoms with Gasteiger partial charge in [-0.15, -0.1) is 10.2 Å². The summed E-state index contributed by atoms with van der Waals surface area (Å²) < 4.78 is 7.45. The molecule has 1 fully saturated rings. The van der Waals surface area contributed by atoms with E-state index in [1.807, 2.05) is 18.2 Å². The molecule has 0 bridgehead atoms. The molecule has 0 unspecified atom stereocenters. The van der Waals surface area contributed by atoms with E-state index in [2.05, 4.69) is 33.1 Å². The van der Waals surface area contributed by atoms with Crippen LogP contribution in [0.5, 0.6) is 0 Å². The lowest BCUT2D eigenvalue weighted by Crippen LogP contribution is -2.40. The van der Waals surface area contributed by atoms with Gasteiger partial charge < -0.3 is 19.5 Å². The van der Waals surface area contributed by atoms with Crippen molar-refractivity contribution in [3.63, 3.8) is 0 Å². The Balaban J connectivity index is 1.23. The second kappa shape index (κ2) is 10.4. The zero-order valence-corrected chi connectivity index (χ0v) is 20.3. The smallest absolute Gasteiger partial charge is 0.254 e. The fourth-order valence-corrected chi connectivity index (χ4v) is 4.75. The molecular weight excluding hydrogens is 464 g/mol. The number of carbonyl (C=O) groups is 2. The third-order valence-corrected chi connectivity index (χ3v) is 6.69. The van der Waals surface area contributed by atoms with Crippen molar-refractivity contribution in [3.8, 4) is 0 Å². The number of nitrogens with one attached hydrogen (secondary N) is 1. The van der Waals surface area contributed by atoms with E-state index in [1.165, 1.54) is 11.8 Å². The molecule has 0 radical (unpaired) electrons. The van der Waals surface area contributed by atoms with Gasteiger partial charge in [-0.3, -0.25) is 9.59 Å². The quantitative estimate of drug-likeness (QED) is 0.395. The van der Waals surface area contributed by atoms with Crippen LogP contribution in [0.15, 0.2) is 53.7 Å². The maximum Gasteiger partial charge on any atom is 0.254 e. The van der Waals surface area contributed by atoms with Crippen LogP contribution in [0.4, 0.5) is 5.69 Å². The molecule has 1 aliphatic heterocycles. The number of aromatic nitrogens is 4. The molecule has 1 aliphatic rings. The summed E-state index contributed by atoms with van der Waals surface area (Å²) in [6.45, 7) is 5.26. The lowest BCUT2D eigenvalue weighted by Gasteiger charge is -2.26. The Morgan fingerprint density at radius 1 is 1.06 bits per heavy atom. The number of thioether (sulfide) groups is 1. The number of morpholine rings is 1. The van der Waals surface area contributed by atoms with Crippen LogP contribution in [0.3, 0.4) is 0 Å². The van der Waals surface area contributed by atoms with Crippen LogP contribution >= 0.6 is 11.8 Å². The van der Waals surface area contributed by atoms with Gasteiger partial charge in [-0.25, -0.2) is 4.98 Å². The topological polar surface area (TPSA) is 102 Å². The number of hydrogen-bond acceptors (Lipinski definition) is 7. The summed E-state index contributed by atoms with van der Waals surface area (Å²) in [4.78, 5) is 31.6. The van der Waals surface area contributed by atoms with E-state index in [1.54, 1.807) is 29.2 Å². The number of amides is 2. The molecule has 35 heavy (non-hydrogen) atoms. The Morgan fingerprint density at radius 3 is 2.60 bits per heavy atom. The average molecular weight is 491 g/mol. The molecule has 0 aliphatic carbocycles. The van der Waals surface area contributed by atoms with E-state index in [0.29, 0.717) is 42.7 Å². The standard InChI is InChI=1S/C25H26N6O3S/c1-2-11-31-20-6-4-3-5-19(20)22-23(31)27-25(29-28-22)35-16-21(32)26-18-9-7-17(8-10-18)24(33)30-12-14-34-15-13-30/h3-10H,2,11-16H2,1H3,(H,26,32). The Labute approximate surface area is 206 Å². The Kier molecular flexibility index (Phi) is 6.91. The maximum absolute atomic E-state index is 12.6. The molecule has 10 heteroatoms. The van der Waals surface area contributed by atoms with Gasteiger partial charge in [0.25, 0.3) is 5.91 Å². The van der Waals surface area contributed by atoms with Gasteiger partial charge in [0.2, 0.25) is 11.1 Å². The van der Waals surface area contributed by atoms with E-state index in [9.17, 15) is 9.59 Å². The highest BCUT2D eigenvalue weighted by Crippen LogP contribution is 2.27. The third kappa shape index (κ3) is 4.98.